The summed E-state index contributed by atoms with van der Waals surface area (Å²) < 4.78 is 0. The zero-order chi connectivity index (χ0) is 15.4. The average Bonchev–Trinajstić information content (AvgIpc) is 2.42. The Bertz CT molecular complexity index is 656. The van der Waals surface area contributed by atoms with E-state index in [9.17, 15) is 4.79 Å². The van der Waals surface area contributed by atoms with Crippen LogP contribution in [0.25, 0.3) is 0 Å². The van der Waals surface area contributed by atoms with Crippen molar-refractivity contribution in [2.75, 3.05) is 5.32 Å². The van der Waals surface area contributed by atoms with Crippen LogP contribution in [0.4, 0.5) is 11.4 Å². The summed E-state index contributed by atoms with van der Waals surface area (Å²) in [6, 6.07) is 9.33. The van der Waals surface area contributed by atoms with Gasteiger partial charge >= 0.3 is 0 Å². The molecule has 2 rings (SSSR count). The number of aromatic nitrogens is 1. The Hall–Kier alpha value is -2.07. The quantitative estimate of drug-likeness (QED) is 0.900. The summed E-state index contributed by atoms with van der Waals surface area (Å²) in [6.07, 6.45) is 1.60. The zero-order valence-corrected chi connectivity index (χ0v) is 13.0. The van der Waals surface area contributed by atoms with Crippen LogP contribution >= 0.6 is 11.6 Å². The summed E-state index contributed by atoms with van der Waals surface area (Å²) in [6.45, 7) is 5.77. The molecule has 0 spiro atoms. The van der Waals surface area contributed by atoms with Crippen molar-refractivity contribution in [3.05, 3.63) is 52.8 Å². The lowest BCUT2D eigenvalue weighted by molar-refractivity contribution is 0.0938. The van der Waals surface area contributed by atoms with Crippen LogP contribution in [0.3, 0.4) is 0 Å². The maximum Gasteiger partial charge on any atom is 0.270 e. The fraction of sp³-hybridized carbons (Fsp3) is 0.250. The SMILES string of the molecule is Cc1ccc(Nc2ccnc(C(=O)NC(C)C)c2)cc1Cl. The number of pyridine rings is 1. The average molecular weight is 304 g/mol. The van der Waals surface area contributed by atoms with Crippen molar-refractivity contribution in [3.8, 4) is 0 Å². The highest BCUT2D eigenvalue weighted by molar-refractivity contribution is 6.31. The van der Waals surface area contributed by atoms with E-state index in [0.717, 1.165) is 16.9 Å². The Labute approximate surface area is 129 Å². The Kier molecular flexibility index (Phi) is 4.81. The van der Waals surface area contributed by atoms with Crippen LogP contribution in [0.2, 0.25) is 5.02 Å². The number of halogens is 1. The molecule has 5 heteroatoms. The fourth-order valence-electron chi connectivity index (χ4n) is 1.81. The van der Waals surface area contributed by atoms with E-state index in [1.54, 1.807) is 18.3 Å². The molecule has 0 aliphatic heterocycles. The van der Waals surface area contributed by atoms with Crippen LogP contribution in [0.1, 0.15) is 29.9 Å². The van der Waals surface area contributed by atoms with Gasteiger partial charge in [-0.3, -0.25) is 9.78 Å². The van der Waals surface area contributed by atoms with Crippen LogP contribution in [0, 0.1) is 6.92 Å². The Morgan fingerprint density at radius 3 is 2.57 bits per heavy atom. The lowest BCUT2D eigenvalue weighted by Gasteiger charge is -2.10. The first-order chi connectivity index (χ1) is 9.95. The maximum absolute atomic E-state index is 11.9. The Balaban J connectivity index is 2.17. The van der Waals surface area contributed by atoms with E-state index in [0.29, 0.717) is 10.7 Å². The second kappa shape index (κ2) is 6.59. The van der Waals surface area contributed by atoms with Gasteiger partial charge in [0, 0.05) is 28.6 Å². The van der Waals surface area contributed by atoms with E-state index in [4.69, 9.17) is 11.6 Å². The molecule has 2 aromatic rings. The van der Waals surface area contributed by atoms with Gasteiger partial charge in [0.1, 0.15) is 5.69 Å². The molecule has 1 aromatic carbocycles. The van der Waals surface area contributed by atoms with Gasteiger partial charge in [0.25, 0.3) is 5.91 Å². The van der Waals surface area contributed by atoms with Gasteiger partial charge in [0.15, 0.2) is 0 Å². The predicted molar refractivity (Wildman–Crippen MR) is 86.3 cm³/mol. The van der Waals surface area contributed by atoms with Gasteiger partial charge in [0.05, 0.1) is 0 Å². The number of nitrogens with one attached hydrogen (secondary N) is 2. The third-order valence-electron chi connectivity index (χ3n) is 2.87. The number of aryl methyl sites for hydroxylation is 1. The number of carbonyl (C=O) groups is 1. The normalized spacial score (nSPS) is 10.5. The molecule has 21 heavy (non-hydrogen) atoms. The van der Waals surface area contributed by atoms with Crippen LogP contribution in [-0.4, -0.2) is 16.9 Å². The predicted octanol–water partition coefficient (Wildman–Crippen LogP) is 3.93. The molecule has 1 aromatic heterocycles. The minimum absolute atomic E-state index is 0.0758. The monoisotopic (exact) mass is 303 g/mol. The van der Waals surface area contributed by atoms with Crippen molar-refractivity contribution in [2.24, 2.45) is 0 Å². The van der Waals surface area contributed by atoms with E-state index in [1.165, 1.54) is 0 Å². The van der Waals surface area contributed by atoms with Gasteiger partial charge in [-0.1, -0.05) is 17.7 Å². The first-order valence-corrected chi connectivity index (χ1v) is 7.13. The fourth-order valence-corrected chi connectivity index (χ4v) is 1.99. The molecule has 0 radical (unpaired) electrons. The van der Waals surface area contributed by atoms with Crippen molar-refractivity contribution < 1.29 is 4.79 Å². The highest BCUT2D eigenvalue weighted by Crippen LogP contribution is 2.23. The summed E-state index contributed by atoms with van der Waals surface area (Å²) in [5.41, 5.74) is 3.06. The maximum atomic E-state index is 11.9. The topological polar surface area (TPSA) is 54.0 Å². The highest BCUT2D eigenvalue weighted by atomic mass is 35.5. The first-order valence-electron chi connectivity index (χ1n) is 6.76. The van der Waals surface area contributed by atoms with Crippen molar-refractivity contribution >= 4 is 28.9 Å². The summed E-state index contributed by atoms with van der Waals surface area (Å²) in [5, 5.41) is 6.73. The van der Waals surface area contributed by atoms with E-state index >= 15 is 0 Å². The number of anilines is 2. The zero-order valence-electron chi connectivity index (χ0n) is 12.3. The van der Waals surface area contributed by atoms with Crippen molar-refractivity contribution in [1.82, 2.24) is 10.3 Å². The van der Waals surface area contributed by atoms with Crippen molar-refractivity contribution in [2.45, 2.75) is 26.8 Å². The van der Waals surface area contributed by atoms with Crippen LogP contribution in [0.15, 0.2) is 36.5 Å². The molecule has 2 N–H and O–H groups in total. The number of nitrogens with zero attached hydrogens (tertiary/aromatic N) is 1. The summed E-state index contributed by atoms with van der Waals surface area (Å²) in [5.74, 6) is -0.185. The highest BCUT2D eigenvalue weighted by Gasteiger charge is 2.09. The van der Waals surface area contributed by atoms with Gasteiger partial charge in [-0.25, -0.2) is 0 Å². The van der Waals surface area contributed by atoms with Crippen molar-refractivity contribution in [3.63, 3.8) is 0 Å². The van der Waals surface area contributed by atoms with Gasteiger partial charge in [-0.2, -0.15) is 0 Å². The van der Waals surface area contributed by atoms with Crippen LogP contribution in [-0.2, 0) is 0 Å². The van der Waals surface area contributed by atoms with Crippen LogP contribution in [0.5, 0.6) is 0 Å². The minimum atomic E-state index is -0.185. The molecule has 0 aliphatic carbocycles. The molecule has 0 atom stereocenters. The molecule has 1 heterocycles. The molecule has 1 amide bonds. The smallest absolute Gasteiger partial charge is 0.270 e. The summed E-state index contributed by atoms with van der Waals surface area (Å²) in [4.78, 5) is 16.0. The molecular weight excluding hydrogens is 286 g/mol. The number of rotatable bonds is 4. The lowest BCUT2D eigenvalue weighted by Crippen LogP contribution is -2.30. The molecule has 0 unspecified atom stereocenters. The van der Waals surface area contributed by atoms with Gasteiger partial charge in [-0.15, -0.1) is 0 Å². The molecule has 0 saturated carbocycles. The Morgan fingerprint density at radius 2 is 1.90 bits per heavy atom. The third-order valence-corrected chi connectivity index (χ3v) is 3.28. The van der Waals surface area contributed by atoms with Gasteiger partial charge in [0.2, 0.25) is 0 Å². The van der Waals surface area contributed by atoms with Gasteiger partial charge in [-0.05, 0) is 50.6 Å². The lowest BCUT2D eigenvalue weighted by atomic mass is 10.2. The molecule has 0 fully saturated rings. The standard InChI is InChI=1S/C16H18ClN3O/c1-10(2)19-16(21)15-9-13(6-7-18-15)20-12-5-4-11(3)14(17)8-12/h4-10H,1-3H3,(H,18,20)(H,19,21). The second-order valence-corrected chi connectivity index (χ2v) is 5.55. The van der Waals surface area contributed by atoms with Gasteiger partial charge < -0.3 is 10.6 Å². The molecule has 0 bridgehead atoms. The van der Waals surface area contributed by atoms with Crippen LogP contribution < -0.4 is 10.6 Å². The Morgan fingerprint density at radius 1 is 1.19 bits per heavy atom. The number of carbonyl (C=O) groups excluding carboxylic acids is 1. The molecule has 110 valence electrons. The number of hydrogen-bond acceptors (Lipinski definition) is 3. The number of hydrogen-bond donors (Lipinski definition) is 2. The number of benzene rings is 1. The van der Waals surface area contributed by atoms with E-state index in [2.05, 4.69) is 15.6 Å². The molecule has 4 nitrogen and oxygen atoms in total. The minimum Gasteiger partial charge on any atom is -0.355 e. The molecule has 0 saturated heterocycles. The largest absolute Gasteiger partial charge is 0.355 e. The van der Waals surface area contributed by atoms with E-state index in [-0.39, 0.29) is 11.9 Å². The first kappa shape index (κ1) is 15.3. The van der Waals surface area contributed by atoms with E-state index in [1.807, 2.05) is 39.0 Å². The summed E-state index contributed by atoms with van der Waals surface area (Å²) in [7, 11) is 0. The van der Waals surface area contributed by atoms with E-state index < -0.39 is 0 Å². The van der Waals surface area contributed by atoms with Crippen molar-refractivity contribution in [1.29, 1.82) is 0 Å². The molecule has 0 aliphatic rings. The molecular formula is C16H18ClN3O. The second-order valence-electron chi connectivity index (χ2n) is 5.15. The summed E-state index contributed by atoms with van der Waals surface area (Å²) >= 11 is 6.10. The third kappa shape index (κ3) is 4.20. The number of amides is 1.